The number of aromatic nitrogens is 3. The number of phenolic OH excluding ortho intramolecular Hbond substituents is 2. The van der Waals surface area contributed by atoms with Gasteiger partial charge >= 0.3 is 0 Å². The lowest BCUT2D eigenvalue weighted by Crippen LogP contribution is -2.06. The van der Waals surface area contributed by atoms with E-state index in [2.05, 4.69) is 10.2 Å². The van der Waals surface area contributed by atoms with Gasteiger partial charge in [-0.25, -0.2) is 0 Å². The second kappa shape index (κ2) is 7.01. The van der Waals surface area contributed by atoms with Crippen molar-refractivity contribution >= 4 is 23.0 Å². The Labute approximate surface area is 166 Å². The van der Waals surface area contributed by atoms with Gasteiger partial charge in [-0.1, -0.05) is 24.3 Å². The number of benzene rings is 3. The number of phenols is 2. The summed E-state index contributed by atoms with van der Waals surface area (Å²) in [6.45, 7) is 3.97. The van der Waals surface area contributed by atoms with E-state index in [-0.39, 0.29) is 17.6 Å². The summed E-state index contributed by atoms with van der Waals surface area (Å²) in [7, 11) is 0. The summed E-state index contributed by atoms with van der Waals surface area (Å²) in [5, 5.41) is 28.9. The SMILES string of the molecule is CC(C)Oc1cccc2c(-n3c(-c4ccc(O)cc4O)n[nH]c3=S)cccc12. The van der Waals surface area contributed by atoms with Crippen molar-refractivity contribution in [3.8, 4) is 34.3 Å². The van der Waals surface area contributed by atoms with Gasteiger partial charge in [0.1, 0.15) is 17.2 Å². The van der Waals surface area contributed by atoms with Crippen molar-refractivity contribution in [1.29, 1.82) is 0 Å². The molecule has 0 amide bonds. The molecule has 0 aliphatic carbocycles. The van der Waals surface area contributed by atoms with E-state index in [4.69, 9.17) is 17.0 Å². The average molecular weight is 393 g/mol. The number of nitrogens with one attached hydrogen (secondary N) is 1. The topological polar surface area (TPSA) is 83.3 Å². The standard InChI is InChI=1S/C21H19N3O3S/c1-12(2)27-19-8-4-5-14-15(19)6-3-7-17(14)24-20(22-23-21(24)28)16-10-9-13(25)11-18(16)26/h3-12,25-26H,1-2H3,(H,23,28). The van der Waals surface area contributed by atoms with Gasteiger partial charge in [0.15, 0.2) is 10.6 Å². The second-order valence-corrected chi connectivity index (χ2v) is 7.07. The van der Waals surface area contributed by atoms with Crippen LogP contribution in [0, 0.1) is 4.77 Å². The Bertz CT molecular complexity index is 1230. The molecule has 4 aromatic rings. The first kappa shape index (κ1) is 18.1. The Hall–Kier alpha value is -3.32. The third-order valence-electron chi connectivity index (χ3n) is 4.36. The molecule has 0 aliphatic heterocycles. The number of H-pyrrole nitrogens is 1. The zero-order valence-electron chi connectivity index (χ0n) is 15.4. The molecule has 142 valence electrons. The average Bonchev–Trinajstić information content (AvgIpc) is 3.02. The van der Waals surface area contributed by atoms with Crippen molar-refractivity contribution in [2.24, 2.45) is 0 Å². The summed E-state index contributed by atoms with van der Waals surface area (Å²) in [6.07, 6.45) is 0.0508. The number of hydrogen-bond acceptors (Lipinski definition) is 5. The Kier molecular flexibility index (Phi) is 4.52. The molecule has 0 spiro atoms. The maximum atomic E-state index is 10.3. The minimum absolute atomic E-state index is 0.0254. The van der Waals surface area contributed by atoms with Crippen LogP contribution in [0.4, 0.5) is 0 Å². The van der Waals surface area contributed by atoms with E-state index in [1.54, 1.807) is 10.6 Å². The van der Waals surface area contributed by atoms with E-state index < -0.39 is 0 Å². The molecule has 3 aromatic carbocycles. The van der Waals surface area contributed by atoms with Gasteiger partial charge in [0, 0.05) is 16.8 Å². The van der Waals surface area contributed by atoms with Gasteiger partial charge < -0.3 is 14.9 Å². The first-order chi connectivity index (χ1) is 13.5. The highest BCUT2D eigenvalue weighted by atomic mass is 32.1. The number of ether oxygens (including phenoxy) is 1. The molecule has 1 heterocycles. The van der Waals surface area contributed by atoms with Crippen molar-refractivity contribution in [1.82, 2.24) is 14.8 Å². The molecule has 0 saturated carbocycles. The van der Waals surface area contributed by atoms with Crippen LogP contribution in [-0.2, 0) is 0 Å². The molecule has 7 heteroatoms. The smallest absolute Gasteiger partial charge is 0.200 e. The van der Waals surface area contributed by atoms with Crippen LogP contribution in [-0.4, -0.2) is 31.1 Å². The summed E-state index contributed by atoms with van der Waals surface area (Å²) < 4.78 is 8.11. The Morgan fingerprint density at radius 3 is 2.54 bits per heavy atom. The molecular weight excluding hydrogens is 374 g/mol. The molecule has 0 unspecified atom stereocenters. The Balaban J connectivity index is 1.97. The minimum atomic E-state index is -0.0840. The molecular formula is C21H19N3O3S. The summed E-state index contributed by atoms with van der Waals surface area (Å²) in [5.74, 6) is 1.13. The van der Waals surface area contributed by atoms with Crippen molar-refractivity contribution in [2.45, 2.75) is 20.0 Å². The van der Waals surface area contributed by atoms with Crippen molar-refractivity contribution in [2.75, 3.05) is 0 Å². The van der Waals surface area contributed by atoms with Crippen LogP contribution in [0.5, 0.6) is 17.2 Å². The van der Waals surface area contributed by atoms with Crippen LogP contribution in [0.15, 0.2) is 54.6 Å². The van der Waals surface area contributed by atoms with Gasteiger partial charge in [0.2, 0.25) is 0 Å². The molecule has 0 bridgehead atoms. The highest BCUT2D eigenvalue weighted by Crippen LogP contribution is 2.35. The van der Waals surface area contributed by atoms with Gasteiger partial charge in [0.05, 0.1) is 17.4 Å². The third-order valence-corrected chi connectivity index (χ3v) is 4.63. The van der Waals surface area contributed by atoms with Crippen LogP contribution in [0.25, 0.3) is 27.8 Å². The predicted octanol–water partition coefficient (Wildman–Crippen LogP) is 4.95. The molecule has 0 atom stereocenters. The van der Waals surface area contributed by atoms with Crippen molar-refractivity contribution in [3.05, 3.63) is 59.4 Å². The zero-order chi connectivity index (χ0) is 19.8. The minimum Gasteiger partial charge on any atom is -0.508 e. The molecule has 6 nitrogen and oxygen atoms in total. The summed E-state index contributed by atoms with van der Waals surface area (Å²) >= 11 is 5.47. The molecule has 0 saturated heterocycles. The van der Waals surface area contributed by atoms with E-state index in [9.17, 15) is 10.2 Å². The molecule has 0 aliphatic rings. The summed E-state index contributed by atoms with van der Waals surface area (Å²) in [4.78, 5) is 0. The van der Waals surface area contributed by atoms with Crippen LogP contribution in [0.1, 0.15) is 13.8 Å². The lowest BCUT2D eigenvalue weighted by Gasteiger charge is -2.15. The lowest BCUT2D eigenvalue weighted by molar-refractivity contribution is 0.245. The van der Waals surface area contributed by atoms with Gasteiger partial charge in [0.25, 0.3) is 0 Å². The van der Waals surface area contributed by atoms with Gasteiger partial charge in [-0.3, -0.25) is 9.67 Å². The number of rotatable bonds is 4. The fourth-order valence-corrected chi connectivity index (χ4v) is 3.46. The molecule has 0 radical (unpaired) electrons. The van der Waals surface area contributed by atoms with Crippen LogP contribution >= 0.6 is 12.2 Å². The predicted molar refractivity (Wildman–Crippen MR) is 111 cm³/mol. The third kappa shape index (κ3) is 3.10. The largest absolute Gasteiger partial charge is 0.508 e. The Morgan fingerprint density at radius 2 is 1.79 bits per heavy atom. The molecule has 0 fully saturated rings. The maximum absolute atomic E-state index is 10.3. The number of aromatic amines is 1. The molecule has 3 N–H and O–H groups in total. The van der Waals surface area contributed by atoms with E-state index in [1.165, 1.54) is 12.1 Å². The number of fused-ring (bicyclic) bond motifs is 1. The number of aromatic hydroxyl groups is 2. The molecule has 1 aromatic heterocycles. The van der Waals surface area contributed by atoms with Crippen LogP contribution in [0.3, 0.4) is 0 Å². The van der Waals surface area contributed by atoms with Crippen molar-refractivity contribution in [3.63, 3.8) is 0 Å². The molecule has 28 heavy (non-hydrogen) atoms. The van der Waals surface area contributed by atoms with Gasteiger partial charge in [-0.15, -0.1) is 0 Å². The van der Waals surface area contributed by atoms with Gasteiger partial charge in [-0.05, 0) is 50.3 Å². The monoisotopic (exact) mass is 393 g/mol. The van der Waals surface area contributed by atoms with Gasteiger partial charge in [-0.2, -0.15) is 5.10 Å². The maximum Gasteiger partial charge on any atom is 0.200 e. The first-order valence-corrected chi connectivity index (χ1v) is 9.25. The van der Waals surface area contributed by atoms with E-state index in [0.29, 0.717) is 16.2 Å². The zero-order valence-corrected chi connectivity index (χ0v) is 16.2. The van der Waals surface area contributed by atoms with Crippen LogP contribution < -0.4 is 4.74 Å². The summed E-state index contributed by atoms with van der Waals surface area (Å²) in [5.41, 5.74) is 1.27. The first-order valence-electron chi connectivity index (χ1n) is 8.84. The highest BCUT2D eigenvalue weighted by Gasteiger charge is 2.17. The quantitative estimate of drug-likeness (QED) is 0.427. The Morgan fingerprint density at radius 1 is 1.04 bits per heavy atom. The second-order valence-electron chi connectivity index (χ2n) is 6.68. The fourth-order valence-electron chi connectivity index (χ4n) is 3.23. The number of nitrogens with zero attached hydrogens (tertiary/aromatic N) is 2. The fraction of sp³-hybridized carbons (Fsp3) is 0.143. The lowest BCUT2D eigenvalue weighted by atomic mass is 10.1. The normalized spacial score (nSPS) is 11.2. The highest BCUT2D eigenvalue weighted by molar-refractivity contribution is 7.71. The number of hydrogen-bond donors (Lipinski definition) is 3. The van der Waals surface area contributed by atoms with Crippen molar-refractivity contribution < 1.29 is 14.9 Å². The van der Waals surface area contributed by atoms with E-state index in [0.717, 1.165) is 22.2 Å². The van der Waals surface area contributed by atoms with E-state index in [1.807, 2.05) is 50.2 Å². The molecule has 4 rings (SSSR count). The summed E-state index contributed by atoms with van der Waals surface area (Å²) in [6, 6.07) is 16.1. The van der Waals surface area contributed by atoms with E-state index >= 15 is 0 Å². The van der Waals surface area contributed by atoms with Crippen LogP contribution in [0.2, 0.25) is 0 Å².